The van der Waals surface area contributed by atoms with Gasteiger partial charge in [0.25, 0.3) is 11.8 Å². The fourth-order valence-corrected chi connectivity index (χ4v) is 3.55. The second kappa shape index (κ2) is 9.61. The Labute approximate surface area is 199 Å². The van der Waals surface area contributed by atoms with Crippen LogP contribution >= 0.6 is 11.6 Å². The summed E-state index contributed by atoms with van der Waals surface area (Å²) >= 11 is 6.08. The monoisotopic (exact) mass is 472 g/mol. The summed E-state index contributed by atoms with van der Waals surface area (Å²) in [5.41, 5.74) is 2.14. The van der Waals surface area contributed by atoms with Gasteiger partial charge in [0, 0.05) is 21.7 Å². The fraction of sp³-hybridized carbons (Fsp3) is 0.0769. The van der Waals surface area contributed by atoms with Crippen molar-refractivity contribution in [1.82, 2.24) is 5.32 Å². The molecule has 1 N–H and O–H groups in total. The van der Waals surface area contributed by atoms with Crippen LogP contribution in [0.5, 0.6) is 0 Å². The van der Waals surface area contributed by atoms with Crippen LogP contribution in [-0.2, 0) is 20.9 Å². The highest BCUT2D eigenvalue weighted by molar-refractivity contribution is 6.31. The SMILES string of the molecule is CC1=C(C#N)C(=O)NC(=O)/C1=C\c1ccc(-c2ccc(C(=O)OCc3ccccc3Cl)cc2)o1. The van der Waals surface area contributed by atoms with Crippen LogP contribution in [0.3, 0.4) is 0 Å². The molecule has 34 heavy (non-hydrogen) atoms. The van der Waals surface area contributed by atoms with E-state index in [1.807, 2.05) is 6.07 Å². The van der Waals surface area contributed by atoms with E-state index in [1.54, 1.807) is 60.7 Å². The van der Waals surface area contributed by atoms with Gasteiger partial charge in [-0.05, 0) is 48.9 Å². The van der Waals surface area contributed by atoms with Crippen molar-refractivity contribution in [3.63, 3.8) is 0 Å². The van der Waals surface area contributed by atoms with Crippen LogP contribution in [0, 0.1) is 11.3 Å². The number of hydrogen-bond donors (Lipinski definition) is 1. The van der Waals surface area contributed by atoms with Gasteiger partial charge in [0.2, 0.25) is 0 Å². The number of nitrogens with zero attached hydrogens (tertiary/aromatic N) is 1. The first-order chi connectivity index (χ1) is 16.4. The van der Waals surface area contributed by atoms with Crippen LogP contribution < -0.4 is 5.32 Å². The molecule has 0 fully saturated rings. The van der Waals surface area contributed by atoms with Crippen molar-refractivity contribution in [2.45, 2.75) is 13.5 Å². The first kappa shape index (κ1) is 22.8. The molecule has 1 aromatic heterocycles. The molecule has 1 aliphatic rings. The van der Waals surface area contributed by atoms with Crippen molar-refractivity contribution in [1.29, 1.82) is 5.26 Å². The minimum absolute atomic E-state index is 0.0665. The summed E-state index contributed by atoms with van der Waals surface area (Å²) < 4.78 is 11.1. The Bertz CT molecular complexity index is 1410. The summed E-state index contributed by atoms with van der Waals surface area (Å²) in [6, 6.07) is 19.0. The molecule has 0 radical (unpaired) electrons. The topological polar surface area (TPSA) is 109 Å². The predicted octanol–water partition coefficient (Wildman–Crippen LogP) is 4.84. The van der Waals surface area contributed by atoms with Gasteiger partial charge in [0.05, 0.1) is 5.56 Å². The number of carbonyl (C=O) groups excluding carboxylic acids is 3. The van der Waals surface area contributed by atoms with Crippen molar-refractivity contribution < 1.29 is 23.5 Å². The van der Waals surface area contributed by atoms with Crippen molar-refractivity contribution in [2.75, 3.05) is 0 Å². The number of rotatable bonds is 5. The number of carbonyl (C=O) groups is 3. The summed E-state index contributed by atoms with van der Waals surface area (Å²) in [6.45, 7) is 1.60. The maximum atomic E-state index is 12.4. The lowest BCUT2D eigenvalue weighted by Gasteiger charge is -2.15. The molecule has 2 aromatic carbocycles. The van der Waals surface area contributed by atoms with Gasteiger partial charge in [0.1, 0.15) is 29.8 Å². The van der Waals surface area contributed by atoms with E-state index in [1.165, 1.54) is 13.0 Å². The zero-order valence-corrected chi connectivity index (χ0v) is 18.7. The van der Waals surface area contributed by atoms with E-state index in [9.17, 15) is 14.4 Å². The minimum atomic E-state index is -0.715. The normalized spacial score (nSPS) is 14.7. The third-order valence-corrected chi connectivity index (χ3v) is 5.59. The van der Waals surface area contributed by atoms with Gasteiger partial charge in [-0.25, -0.2) is 4.79 Å². The predicted molar refractivity (Wildman–Crippen MR) is 124 cm³/mol. The molecule has 0 unspecified atom stereocenters. The first-order valence-electron chi connectivity index (χ1n) is 10.2. The molecule has 2 amide bonds. The van der Waals surface area contributed by atoms with Crippen LogP contribution in [0.2, 0.25) is 5.02 Å². The Morgan fingerprint density at radius 2 is 1.82 bits per heavy atom. The first-order valence-corrected chi connectivity index (χ1v) is 10.5. The maximum absolute atomic E-state index is 12.4. The largest absolute Gasteiger partial charge is 0.457 e. The number of esters is 1. The lowest BCUT2D eigenvalue weighted by Crippen LogP contribution is -2.37. The molecule has 4 rings (SSSR count). The third-order valence-electron chi connectivity index (χ3n) is 5.22. The Morgan fingerprint density at radius 3 is 2.53 bits per heavy atom. The van der Waals surface area contributed by atoms with Crippen LogP contribution in [0.4, 0.5) is 0 Å². The van der Waals surface area contributed by atoms with Crippen LogP contribution in [0.1, 0.15) is 28.6 Å². The molecule has 1 aliphatic heterocycles. The highest BCUT2D eigenvalue weighted by Gasteiger charge is 2.27. The van der Waals surface area contributed by atoms with Gasteiger partial charge < -0.3 is 9.15 Å². The van der Waals surface area contributed by atoms with Crippen molar-refractivity contribution >= 4 is 35.5 Å². The van der Waals surface area contributed by atoms with E-state index in [2.05, 4.69) is 5.32 Å². The zero-order valence-electron chi connectivity index (χ0n) is 17.9. The standard InChI is InChI=1S/C26H17ClN2O5/c1-15-20(24(30)29-25(31)21(15)13-28)12-19-10-11-23(34-19)16-6-8-17(9-7-16)26(32)33-14-18-4-2-3-5-22(18)27/h2-12H,14H2,1H3,(H,29,30,31)/b20-12-. The quantitative estimate of drug-likeness (QED) is 0.323. The average molecular weight is 473 g/mol. The molecular formula is C26H17ClN2O5. The summed E-state index contributed by atoms with van der Waals surface area (Å²) in [6.07, 6.45) is 1.47. The van der Waals surface area contributed by atoms with Crippen molar-refractivity contribution in [3.8, 4) is 17.4 Å². The number of nitriles is 1. The molecule has 0 atom stereocenters. The van der Waals surface area contributed by atoms with Crippen molar-refractivity contribution in [2.24, 2.45) is 0 Å². The van der Waals surface area contributed by atoms with Gasteiger partial charge in [-0.2, -0.15) is 5.26 Å². The molecule has 0 saturated heterocycles. The van der Waals surface area contributed by atoms with E-state index in [0.717, 1.165) is 0 Å². The summed E-state index contributed by atoms with van der Waals surface area (Å²) in [5.74, 6) is -0.914. The number of hydrogen-bond acceptors (Lipinski definition) is 6. The van der Waals surface area contributed by atoms with Gasteiger partial charge >= 0.3 is 5.97 Å². The average Bonchev–Trinajstić information content (AvgIpc) is 3.30. The molecule has 168 valence electrons. The molecule has 2 heterocycles. The minimum Gasteiger partial charge on any atom is -0.457 e. The number of amides is 2. The second-order valence-electron chi connectivity index (χ2n) is 7.40. The zero-order chi connectivity index (χ0) is 24.2. The Balaban J connectivity index is 1.48. The number of halogens is 1. The van der Waals surface area contributed by atoms with E-state index < -0.39 is 17.8 Å². The lowest BCUT2D eigenvalue weighted by molar-refractivity contribution is -0.126. The molecule has 8 heteroatoms. The Kier molecular flexibility index (Phi) is 6.44. The molecule has 7 nitrogen and oxygen atoms in total. The van der Waals surface area contributed by atoms with Crippen LogP contribution in [-0.4, -0.2) is 17.8 Å². The van der Waals surface area contributed by atoms with Crippen LogP contribution in [0.25, 0.3) is 17.4 Å². The third kappa shape index (κ3) is 4.68. The second-order valence-corrected chi connectivity index (χ2v) is 7.81. The van der Waals surface area contributed by atoms with Gasteiger partial charge in [-0.1, -0.05) is 41.9 Å². The maximum Gasteiger partial charge on any atom is 0.338 e. The Hall–Kier alpha value is -4.41. The molecule has 0 aliphatic carbocycles. The molecule has 0 spiro atoms. The molecule has 3 aromatic rings. The number of furan rings is 1. The summed E-state index contributed by atoms with van der Waals surface area (Å²) in [4.78, 5) is 36.3. The lowest BCUT2D eigenvalue weighted by atomic mass is 9.96. The highest BCUT2D eigenvalue weighted by Crippen LogP contribution is 2.27. The van der Waals surface area contributed by atoms with E-state index in [-0.39, 0.29) is 23.3 Å². The van der Waals surface area contributed by atoms with E-state index >= 15 is 0 Å². The van der Waals surface area contributed by atoms with Gasteiger partial charge in [0.15, 0.2) is 0 Å². The van der Waals surface area contributed by atoms with Crippen molar-refractivity contribution in [3.05, 3.63) is 99.3 Å². The summed E-state index contributed by atoms with van der Waals surface area (Å²) in [7, 11) is 0. The smallest absolute Gasteiger partial charge is 0.338 e. The highest BCUT2D eigenvalue weighted by atomic mass is 35.5. The molecule has 0 saturated carbocycles. The van der Waals surface area contributed by atoms with Gasteiger partial charge in [-0.15, -0.1) is 0 Å². The number of ether oxygens (including phenoxy) is 1. The van der Waals surface area contributed by atoms with Gasteiger partial charge in [-0.3, -0.25) is 14.9 Å². The Morgan fingerprint density at radius 1 is 1.09 bits per heavy atom. The van der Waals surface area contributed by atoms with E-state index in [4.69, 9.17) is 26.0 Å². The number of nitrogens with one attached hydrogen (secondary N) is 1. The molecular weight excluding hydrogens is 456 g/mol. The molecule has 0 bridgehead atoms. The van der Waals surface area contributed by atoms with E-state index in [0.29, 0.717) is 33.2 Å². The number of benzene rings is 2. The fourth-order valence-electron chi connectivity index (χ4n) is 3.36. The van der Waals surface area contributed by atoms with Crippen LogP contribution in [0.15, 0.2) is 81.8 Å². The summed E-state index contributed by atoms with van der Waals surface area (Å²) in [5, 5.41) is 11.8. The number of imide groups is 1.